The second-order valence-corrected chi connectivity index (χ2v) is 23.2. The van der Waals surface area contributed by atoms with Gasteiger partial charge in [-0.2, -0.15) is 0 Å². The van der Waals surface area contributed by atoms with E-state index < -0.39 is 22.7 Å². The zero-order valence-corrected chi connectivity index (χ0v) is 29.8. The fourth-order valence-electron chi connectivity index (χ4n) is 7.35. The monoisotopic (exact) mass is 634 g/mol. The molecule has 0 aliphatic heterocycles. The number of aliphatic hydroxyl groups is 1. The van der Waals surface area contributed by atoms with Crippen LogP contribution in [0.3, 0.4) is 0 Å². The minimum absolute atomic E-state index is 0.103. The van der Waals surface area contributed by atoms with Crippen LogP contribution in [0.2, 0.25) is 10.1 Å². The molecule has 236 valence electrons. The predicted molar refractivity (Wildman–Crippen MR) is 194 cm³/mol. The van der Waals surface area contributed by atoms with Gasteiger partial charge in [0, 0.05) is 19.1 Å². The third kappa shape index (κ3) is 6.74. The Kier molecular flexibility index (Phi) is 10.2. The summed E-state index contributed by atoms with van der Waals surface area (Å²) in [5.74, 6) is 0.234. The van der Waals surface area contributed by atoms with Crippen molar-refractivity contribution in [2.75, 3.05) is 13.2 Å². The van der Waals surface area contributed by atoms with Crippen molar-refractivity contribution >= 4 is 37.4 Å². The zero-order valence-electron chi connectivity index (χ0n) is 27.8. The molecule has 4 aromatic carbocycles. The van der Waals surface area contributed by atoms with Crippen LogP contribution in [-0.2, 0) is 8.85 Å². The summed E-state index contributed by atoms with van der Waals surface area (Å²) in [6.07, 6.45) is 4.31. The van der Waals surface area contributed by atoms with Crippen LogP contribution in [0.4, 0.5) is 0 Å². The van der Waals surface area contributed by atoms with Crippen LogP contribution in [0.5, 0.6) is 0 Å². The van der Waals surface area contributed by atoms with Crippen LogP contribution in [0.25, 0.3) is 0 Å². The first-order chi connectivity index (χ1) is 21.5. The van der Waals surface area contributed by atoms with E-state index in [1.54, 1.807) is 0 Å². The van der Waals surface area contributed by atoms with Crippen molar-refractivity contribution in [1.82, 2.24) is 0 Å². The highest BCUT2D eigenvalue weighted by atomic mass is 28.4. The SMILES string of the molecule is CC(C)(C)[Si](OC[C@H]1C[C@H](O)C=C[C@H]1CO[Si](c1ccccc1)(c1ccccc1)C(C)(C)C)(c1ccccc1)c1ccccc1. The smallest absolute Gasteiger partial charge is 0.261 e. The summed E-state index contributed by atoms with van der Waals surface area (Å²) in [5, 5.41) is 15.8. The van der Waals surface area contributed by atoms with Gasteiger partial charge in [-0.3, -0.25) is 0 Å². The Balaban J connectivity index is 1.50. The van der Waals surface area contributed by atoms with Gasteiger partial charge in [-0.1, -0.05) is 175 Å². The third-order valence-corrected chi connectivity index (χ3v) is 19.6. The second-order valence-electron chi connectivity index (χ2n) is 14.6. The topological polar surface area (TPSA) is 38.7 Å². The molecule has 0 radical (unpaired) electrons. The molecule has 1 aliphatic rings. The fraction of sp³-hybridized carbons (Fsp3) is 0.350. The van der Waals surface area contributed by atoms with Crippen LogP contribution in [0.1, 0.15) is 48.0 Å². The van der Waals surface area contributed by atoms with E-state index in [1.807, 2.05) is 6.08 Å². The number of rotatable bonds is 10. The van der Waals surface area contributed by atoms with Crippen molar-refractivity contribution < 1.29 is 14.0 Å². The largest absolute Gasteiger partial charge is 0.407 e. The van der Waals surface area contributed by atoms with Crippen molar-refractivity contribution in [1.29, 1.82) is 0 Å². The van der Waals surface area contributed by atoms with E-state index in [2.05, 4.69) is 169 Å². The summed E-state index contributed by atoms with van der Waals surface area (Å²) >= 11 is 0. The lowest BCUT2D eigenvalue weighted by atomic mass is 9.84. The van der Waals surface area contributed by atoms with E-state index in [0.717, 1.165) is 0 Å². The molecule has 45 heavy (non-hydrogen) atoms. The second kappa shape index (κ2) is 13.7. The minimum Gasteiger partial charge on any atom is -0.407 e. The Morgan fingerprint density at radius 3 is 1.20 bits per heavy atom. The summed E-state index contributed by atoms with van der Waals surface area (Å²) < 4.78 is 14.8. The maximum atomic E-state index is 10.9. The molecule has 0 fully saturated rings. The third-order valence-electron chi connectivity index (χ3n) is 9.57. The minimum atomic E-state index is -2.72. The highest BCUT2D eigenvalue weighted by Gasteiger charge is 2.52. The number of hydrogen-bond acceptors (Lipinski definition) is 3. The van der Waals surface area contributed by atoms with Crippen LogP contribution in [-0.4, -0.2) is 41.1 Å². The molecule has 1 N–H and O–H groups in total. The molecule has 0 saturated carbocycles. The van der Waals surface area contributed by atoms with Gasteiger partial charge in [0.15, 0.2) is 0 Å². The molecule has 1 aliphatic carbocycles. The Morgan fingerprint density at radius 2 is 0.867 bits per heavy atom. The maximum Gasteiger partial charge on any atom is 0.261 e. The number of benzene rings is 4. The Morgan fingerprint density at radius 1 is 0.533 bits per heavy atom. The van der Waals surface area contributed by atoms with Gasteiger partial charge in [-0.15, -0.1) is 0 Å². The Bertz CT molecular complexity index is 1430. The fourth-order valence-corrected chi connectivity index (χ4v) is 16.6. The van der Waals surface area contributed by atoms with E-state index >= 15 is 0 Å². The average molecular weight is 635 g/mol. The molecule has 0 saturated heterocycles. The van der Waals surface area contributed by atoms with Crippen molar-refractivity contribution in [3.05, 3.63) is 133 Å². The van der Waals surface area contributed by atoms with E-state index in [1.165, 1.54) is 20.7 Å². The van der Waals surface area contributed by atoms with Crippen LogP contribution in [0.15, 0.2) is 133 Å². The van der Waals surface area contributed by atoms with Crippen molar-refractivity contribution in [2.24, 2.45) is 11.8 Å². The molecule has 0 spiro atoms. The van der Waals surface area contributed by atoms with Gasteiger partial charge < -0.3 is 14.0 Å². The molecule has 0 aromatic heterocycles. The summed E-state index contributed by atoms with van der Waals surface area (Å²) in [4.78, 5) is 0. The lowest BCUT2D eigenvalue weighted by Gasteiger charge is -2.46. The molecule has 3 atom stereocenters. The molecule has 4 aromatic rings. The number of hydrogen-bond donors (Lipinski definition) is 1. The summed E-state index contributed by atoms with van der Waals surface area (Å²) in [6.45, 7) is 15.1. The van der Waals surface area contributed by atoms with Gasteiger partial charge in [0.1, 0.15) is 0 Å². The Labute approximate surface area is 273 Å². The molecular weight excluding hydrogens is 585 g/mol. The van der Waals surface area contributed by atoms with E-state index in [-0.39, 0.29) is 21.9 Å². The Hall–Kier alpha value is -3.07. The molecule has 0 heterocycles. The standard InChI is InChI=1S/C40H50O3Si2/c1-39(2,3)44(35-19-11-7-12-20-35,36-21-13-8-14-22-36)42-30-32-27-28-34(41)29-33(32)31-43-45(40(4,5)6,37-23-15-9-16-24-37)38-25-17-10-18-26-38/h7-28,32-34,41H,29-31H2,1-6H3/t32-,33+,34+/m0/s1. The van der Waals surface area contributed by atoms with Gasteiger partial charge in [-0.05, 0) is 43.2 Å². The average Bonchev–Trinajstić information content (AvgIpc) is 3.03. The molecule has 0 unspecified atom stereocenters. The van der Waals surface area contributed by atoms with Gasteiger partial charge in [0.05, 0.1) is 6.10 Å². The van der Waals surface area contributed by atoms with Gasteiger partial charge >= 0.3 is 0 Å². The molecule has 5 heteroatoms. The highest BCUT2D eigenvalue weighted by Crippen LogP contribution is 2.40. The van der Waals surface area contributed by atoms with Crippen LogP contribution >= 0.6 is 0 Å². The van der Waals surface area contributed by atoms with Crippen LogP contribution in [0, 0.1) is 11.8 Å². The molecule has 0 bridgehead atoms. The highest BCUT2D eigenvalue weighted by molar-refractivity contribution is 7.00. The first-order valence-electron chi connectivity index (χ1n) is 16.4. The van der Waals surface area contributed by atoms with Crippen LogP contribution < -0.4 is 20.7 Å². The molecular formula is C40H50O3Si2. The maximum absolute atomic E-state index is 10.9. The van der Waals surface area contributed by atoms with Crippen molar-refractivity contribution in [2.45, 2.75) is 64.1 Å². The van der Waals surface area contributed by atoms with Crippen molar-refractivity contribution in [3.63, 3.8) is 0 Å². The first kappa shape index (κ1) is 33.3. The van der Waals surface area contributed by atoms with Gasteiger partial charge in [-0.25, -0.2) is 0 Å². The van der Waals surface area contributed by atoms with Crippen molar-refractivity contribution in [3.8, 4) is 0 Å². The van der Waals surface area contributed by atoms with E-state index in [4.69, 9.17) is 8.85 Å². The predicted octanol–water partition coefficient (Wildman–Crippen LogP) is 6.69. The molecule has 0 amide bonds. The lowest BCUT2D eigenvalue weighted by Crippen LogP contribution is -2.67. The van der Waals surface area contributed by atoms with E-state index in [9.17, 15) is 5.11 Å². The van der Waals surface area contributed by atoms with E-state index in [0.29, 0.717) is 19.6 Å². The normalized spacial score (nSPS) is 19.4. The molecule has 3 nitrogen and oxygen atoms in total. The lowest BCUT2D eigenvalue weighted by molar-refractivity contribution is 0.0962. The summed E-state index contributed by atoms with van der Waals surface area (Å²) in [7, 11) is -5.42. The van der Waals surface area contributed by atoms with Gasteiger partial charge in [0.25, 0.3) is 16.6 Å². The molecule has 5 rings (SSSR count). The summed E-state index contributed by atoms with van der Waals surface area (Å²) in [6, 6.07) is 43.3. The summed E-state index contributed by atoms with van der Waals surface area (Å²) in [5.41, 5.74) is 0. The van der Waals surface area contributed by atoms with Gasteiger partial charge in [0.2, 0.25) is 0 Å². The number of aliphatic hydroxyl groups excluding tert-OH is 1. The zero-order chi connectivity index (χ0) is 32.1. The first-order valence-corrected chi connectivity index (χ1v) is 20.2. The quantitative estimate of drug-likeness (QED) is 0.156.